The predicted octanol–water partition coefficient (Wildman–Crippen LogP) is 3.15. The molecular weight excluding hydrogens is 248 g/mol. The summed E-state index contributed by atoms with van der Waals surface area (Å²) in [7, 11) is 0. The third kappa shape index (κ3) is 2.74. The number of unbranched alkanes of at least 4 members (excludes halogenated alkanes) is 1. The van der Waals surface area contributed by atoms with Gasteiger partial charge in [-0.25, -0.2) is 0 Å². The number of nitrogens with one attached hydrogen (secondary N) is 1. The second-order valence-electron chi connectivity index (χ2n) is 7.46. The maximum Gasteiger partial charge on any atom is 0.241 e. The Hall–Kier alpha value is -0.570. The molecule has 3 fully saturated rings. The van der Waals surface area contributed by atoms with E-state index in [1.54, 1.807) is 0 Å². The first-order valence-electron chi connectivity index (χ1n) is 8.71. The summed E-state index contributed by atoms with van der Waals surface area (Å²) < 4.78 is 0. The van der Waals surface area contributed by atoms with Crippen LogP contribution in [0.15, 0.2) is 0 Å². The van der Waals surface area contributed by atoms with Gasteiger partial charge in [-0.05, 0) is 49.9 Å². The first-order valence-corrected chi connectivity index (χ1v) is 8.71. The fraction of sp³-hybridized carbons (Fsp3) is 0.941. The molecule has 1 N–H and O–H groups in total. The summed E-state index contributed by atoms with van der Waals surface area (Å²) in [6.45, 7) is 6.70. The SMILES string of the molecule is CCCCC1NC(C(C)C)N(C(C2CC2)C2CC2)C1=O. The molecular formula is C17H30N2O. The van der Waals surface area contributed by atoms with E-state index in [0.717, 1.165) is 24.7 Å². The fourth-order valence-corrected chi connectivity index (χ4v) is 3.85. The minimum absolute atomic E-state index is 0.0855. The van der Waals surface area contributed by atoms with Crippen molar-refractivity contribution in [1.82, 2.24) is 10.2 Å². The van der Waals surface area contributed by atoms with E-state index >= 15 is 0 Å². The van der Waals surface area contributed by atoms with Crippen LogP contribution in [0.1, 0.15) is 65.7 Å². The van der Waals surface area contributed by atoms with Crippen LogP contribution in [-0.2, 0) is 4.79 Å². The third-order valence-electron chi connectivity index (χ3n) is 5.23. The van der Waals surface area contributed by atoms with Crippen LogP contribution >= 0.6 is 0 Å². The highest BCUT2D eigenvalue weighted by Gasteiger charge is 2.52. The van der Waals surface area contributed by atoms with E-state index in [1.165, 1.54) is 32.1 Å². The fourth-order valence-electron chi connectivity index (χ4n) is 3.85. The molecule has 1 amide bonds. The Morgan fingerprint density at radius 2 is 1.80 bits per heavy atom. The van der Waals surface area contributed by atoms with E-state index in [2.05, 4.69) is 31.0 Å². The van der Waals surface area contributed by atoms with Crippen molar-refractivity contribution in [3.05, 3.63) is 0 Å². The minimum Gasteiger partial charge on any atom is -0.322 e. The molecule has 3 aliphatic rings. The van der Waals surface area contributed by atoms with Crippen LogP contribution in [0.4, 0.5) is 0 Å². The van der Waals surface area contributed by atoms with Crippen molar-refractivity contribution in [2.75, 3.05) is 0 Å². The van der Waals surface area contributed by atoms with Crippen molar-refractivity contribution in [3.8, 4) is 0 Å². The highest BCUT2D eigenvalue weighted by atomic mass is 16.2. The topological polar surface area (TPSA) is 32.3 Å². The third-order valence-corrected chi connectivity index (χ3v) is 5.23. The van der Waals surface area contributed by atoms with Crippen molar-refractivity contribution in [2.24, 2.45) is 17.8 Å². The van der Waals surface area contributed by atoms with Crippen LogP contribution in [0, 0.1) is 17.8 Å². The quantitative estimate of drug-likeness (QED) is 0.776. The average Bonchev–Trinajstić information content (AvgIpc) is 3.30. The number of hydrogen-bond acceptors (Lipinski definition) is 2. The Kier molecular flexibility index (Phi) is 4.07. The normalized spacial score (nSPS) is 30.9. The van der Waals surface area contributed by atoms with Gasteiger partial charge in [-0.1, -0.05) is 33.6 Å². The van der Waals surface area contributed by atoms with Crippen LogP contribution < -0.4 is 5.32 Å². The van der Waals surface area contributed by atoms with Gasteiger partial charge in [-0.3, -0.25) is 10.1 Å². The highest BCUT2D eigenvalue weighted by molar-refractivity contribution is 5.84. The van der Waals surface area contributed by atoms with Gasteiger partial charge in [0.2, 0.25) is 5.91 Å². The summed E-state index contributed by atoms with van der Waals surface area (Å²) in [6, 6.07) is 0.636. The summed E-state index contributed by atoms with van der Waals surface area (Å²) in [5, 5.41) is 3.65. The zero-order chi connectivity index (χ0) is 14.3. The standard InChI is InChI=1S/C17H30N2O/c1-4-5-6-14-17(20)19(16(18-14)11(2)3)15(12-7-8-12)13-9-10-13/h11-16,18H,4-10H2,1-3H3. The molecule has 0 radical (unpaired) electrons. The molecule has 0 spiro atoms. The van der Waals surface area contributed by atoms with E-state index in [-0.39, 0.29) is 12.2 Å². The lowest BCUT2D eigenvalue weighted by molar-refractivity contribution is -0.134. The van der Waals surface area contributed by atoms with Crippen LogP contribution in [0.5, 0.6) is 0 Å². The van der Waals surface area contributed by atoms with Crippen molar-refractivity contribution in [3.63, 3.8) is 0 Å². The van der Waals surface area contributed by atoms with Gasteiger partial charge in [0, 0.05) is 6.04 Å². The molecule has 1 aliphatic heterocycles. The zero-order valence-corrected chi connectivity index (χ0v) is 13.3. The van der Waals surface area contributed by atoms with Gasteiger partial charge in [0.25, 0.3) is 0 Å². The maximum absolute atomic E-state index is 12.9. The largest absolute Gasteiger partial charge is 0.322 e. The number of amides is 1. The average molecular weight is 278 g/mol. The van der Waals surface area contributed by atoms with Gasteiger partial charge >= 0.3 is 0 Å². The summed E-state index contributed by atoms with van der Waals surface area (Å²) >= 11 is 0. The molecule has 0 bridgehead atoms. The lowest BCUT2D eigenvalue weighted by Gasteiger charge is -2.35. The summed E-state index contributed by atoms with van der Waals surface area (Å²) in [5.74, 6) is 2.52. The number of rotatable bonds is 7. The van der Waals surface area contributed by atoms with Crippen molar-refractivity contribution in [2.45, 2.75) is 84.0 Å². The minimum atomic E-state index is 0.0855. The Bertz CT molecular complexity index is 348. The van der Waals surface area contributed by atoms with Crippen LogP contribution in [0.3, 0.4) is 0 Å². The predicted molar refractivity (Wildman–Crippen MR) is 81.2 cm³/mol. The molecule has 114 valence electrons. The summed E-state index contributed by atoms with van der Waals surface area (Å²) in [6.07, 6.45) is 8.98. The first-order chi connectivity index (χ1) is 9.63. The Morgan fingerprint density at radius 3 is 2.25 bits per heavy atom. The van der Waals surface area contributed by atoms with Crippen LogP contribution in [0.2, 0.25) is 0 Å². The molecule has 2 aliphatic carbocycles. The molecule has 1 heterocycles. The van der Waals surface area contributed by atoms with Crippen LogP contribution in [-0.4, -0.2) is 29.1 Å². The van der Waals surface area contributed by atoms with Gasteiger partial charge in [0.15, 0.2) is 0 Å². The first kappa shape index (κ1) is 14.4. The molecule has 0 aromatic rings. The maximum atomic E-state index is 12.9. The molecule has 1 saturated heterocycles. The number of carbonyl (C=O) groups is 1. The molecule has 3 nitrogen and oxygen atoms in total. The Morgan fingerprint density at radius 1 is 1.20 bits per heavy atom. The molecule has 2 saturated carbocycles. The van der Waals surface area contributed by atoms with Gasteiger partial charge in [-0.15, -0.1) is 0 Å². The Balaban J connectivity index is 1.76. The highest BCUT2D eigenvalue weighted by Crippen LogP contribution is 2.48. The molecule has 2 atom stereocenters. The van der Waals surface area contributed by atoms with Gasteiger partial charge in [0.05, 0.1) is 12.2 Å². The lowest BCUT2D eigenvalue weighted by atomic mass is 10.0. The summed E-state index contributed by atoms with van der Waals surface area (Å²) in [5.41, 5.74) is 0. The monoisotopic (exact) mass is 278 g/mol. The molecule has 3 rings (SSSR count). The number of hydrogen-bond donors (Lipinski definition) is 1. The lowest BCUT2D eigenvalue weighted by Crippen LogP contribution is -2.49. The van der Waals surface area contributed by atoms with Crippen LogP contribution in [0.25, 0.3) is 0 Å². The molecule has 20 heavy (non-hydrogen) atoms. The smallest absolute Gasteiger partial charge is 0.241 e. The van der Waals surface area contributed by atoms with Crippen molar-refractivity contribution in [1.29, 1.82) is 0 Å². The second-order valence-corrected chi connectivity index (χ2v) is 7.46. The van der Waals surface area contributed by atoms with Crippen molar-refractivity contribution < 1.29 is 4.79 Å². The Labute approximate surface area is 123 Å². The van der Waals surface area contributed by atoms with E-state index in [9.17, 15) is 4.79 Å². The zero-order valence-electron chi connectivity index (χ0n) is 13.3. The number of nitrogens with zero attached hydrogens (tertiary/aromatic N) is 1. The molecule has 0 aromatic heterocycles. The van der Waals surface area contributed by atoms with Gasteiger partial charge < -0.3 is 4.90 Å². The van der Waals surface area contributed by atoms with Gasteiger partial charge in [-0.2, -0.15) is 0 Å². The van der Waals surface area contributed by atoms with E-state index < -0.39 is 0 Å². The van der Waals surface area contributed by atoms with E-state index in [1.807, 2.05) is 0 Å². The van der Waals surface area contributed by atoms with E-state index in [0.29, 0.717) is 17.9 Å². The second kappa shape index (κ2) is 5.67. The number of carbonyl (C=O) groups excluding carboxylic acids is 1. The van der Waals surface area contributed by atoms with Gasteiger partial charge in [0.1, 0.15) is 0 Å². The molecule has 2 unspecified atom stereocenters. The van der Waals surface area contributed by atoms with Crippen molar-refractivity contribution >= 4 is 5.91 Å². The summed E-state index contributed by atoms with van der Waals surface area (Å²) in [4.78, 5) is 15.2. The molecule has 3 heteroatoms. The van der Waals surface area contributed by atoms with E-state index in [4.69, 9.17) is 0 Å². The molecule has 0 aromatic carbocycles.